The van der Waals surface area contributed by atoms with E-state index in [1.807, 2.05) is 0 Å². The minimum absolute atomic E-state index is 0.0684. The maximum absolute atomic E-state index is 12.2. The van der Waals surface area contributed by atoms with Gasteiger partial charge in [0.1, 0.15) is 0 Å². The summed E-state index contributed by atoms with van der Waals surface area (Å²) in [6.45, 7) is 3.20. The number of hydrogen-bond acceptors (Lipinski definition) is 3. The number of sulfonamides is 1. The van der Waals surface area contributed by atoms with Gasteiger partial charge in [-0.1, -0.05) is 19.1 Å². The monoisotopic (exact) mass is 255 g/mol. The molecule has 0 bridgehead atoms. The predicted molar refractivity (Wildman–Crippen MR) is 64.9 cm³/mol. The second-order valence-electron chi connectivity index (χ2n) is 4.56. The van der Waals surface area contributed by atoms with E-state index in [9.17, 15) is 8.42 Å². The van der Waals surface area contributed by atoms with Crippen molar-refractivity contribution in [3.05, 3.63) is 29.8 Å². The van der Waals surface area contributed by atoms with Crippen LogP contribution in [0.25, 0.3) is 0 Å². The molecule has 1 aromatic carbocycles. The molecular weight excluding hydrogens is 238 g/mol. The van der Waals surface area contributed by atoms with Crippen molar-refractivity contribution in [2.75, 3.05) is 13.1 Å². The first-order valence-electron chi connectivity index (χ1n) is 5.74. The van der Waals surface area contributed by atoms with E-state index in [0.29, 0.717) is 23.9 Å². The average Bonchev–Trinajstić information content (AvgIpc) is 2.77. The maximum Gasteiger partial charge on any atom is 0.243 e. The summed E-state index contributed by atoms with van der Waals surface area (Å²) in [5, 5.41) is 8.92. The first kappa shape index (κ1) is 12.5. The Morgan fingerprint density at radius 1 is 1.35 bits per heavy atom. The van der Waals surface area contributed by atoms with Crippen molar-refractivity contribution in [3.8, 4) is 0 Å². The van der Waals surface area contributed by atoms with Gasteiger partial charge in [-0.05, 0) is 30.0 Å². The van der Waals surface area contributed by atoms with Gasteiger partial charge in [-0.25, -0.2) is 8.42 Å². The first-order chi connectivity index (χ1) is 8.04. The molecule has 1 saturated heterocycles. The van der Waals surface area contributed by atoms with E-state index in [2.05, 4.69) is 6.92 Å². The molecule has 2 rings (SSSR count). The molecule has 1 N–H and O–H groups in total. The van der Waals surface area contributed by atoms with Crippen molar-refractivity contribution in [3.63, 3.8) is 0 Å². The van der Waals surface area contributed by atoms with Crippen LogP contribution in [-0.4, -0.2) is 30.9 Å². The molecule has 17 heavy (non-hydrogen) atoms. The van der Waals surface area contributed by atoms with E-state index in [4.69, 9.17) is 5.11 Å². The molecule has 1 unspecified atom stereocenters. The van der Waals surface area contributed by atoms with Crippen LogP contribution in [0.5, 0.6) is 0 Å². The quantitative estimate of drug-likeness (QED) is 0.883. The number of aliphatic hydroxyl groups excluding tert-OH is 1. The number of aliphatic hydroxyl groups is 1. The van der Waals surface area contributed by atoms with Crippen molar-refractivity contribution in [1.29, 1.82) is 0 Å². The zero-order chi connectivity index (χ0) is 12.5. The normalized spacial score (nSPS) is 21.9. The molecule has 5 heteroatoms. The molecule has 0 saturated carbocycles. The molecule has 1 aliphatic rings. The fourth-order valence-electron chi connectivity index (χ4n) is 2.03. The molecule has 0 aromatic heterocycles. The average molecular weight is 255 g/mol. The van der Waals surface area contributed by atoms with Gasteiger partial charge in [0.25, 0.3) is 0 Å². The number of hydrogen-bond donors (Lipinski definition) is 1. The lowest BCUT2D eigenvalue weighted by Gasteiger charge is -2.16. The summed E-state index contributed by atoms with van der Waals surface area (Å²) in [7, 11) is -3.34. The van der Waals surface area contributed by atoms with Crippen LogP contribution >= 0.6 is 0 Å². The van der Waals surface area contributed by atoms with Crippen molar-refractivity contribution < 1.29 is 13.5 Å². The Morgan fingerprint density at radius 2 is 2.00 bits per heavy atom. The minimum Gasteiger partial charge on any atom is -0.392 e. The number of nitrogens with zero attached hydrogens (tertiary/aromatic N) is 1. The van der Waals surface area contributed by atoms with E-state index in [1.54, 1.807) is 24.3 Å². The Morgan fingerprint density at radius 3 is 2.47 bits per heavy atom. The van der Waals surface area contributed by atoms with Crippen LogP contribution < -0.4 is 0 Å². The van der Waals surface area contributed by atoms with Gasteiger partial charge in [0.15, 0.2) is 0 Å². The molecule has 0 spiro atoms. The zero-order valence-electron chi connectivity index (χ0n) is 9.83. The smallest absolute Gasteiger partial charge is 0.243 e. The Bertz CT molecular complexity index is 481. The van der Waals surface area contributed by atoms with E-state index >= 15 is 0 Å². The van der Waals surface area contributed by atoms with Crippen LogP contribution in [0.4, 0.5) is 0 Å². The molecule has 4 nitrogen and oxygen atoms in total. The fourth-order valence-corrected chi connectivity index (χ4v) is 3.60. The third-order valence-electron chi connectivity index (χ3n) is 3.13. The highest BCUT2D eigenvalue weighted by Crippen LogP contribution is 2.24. The molecule has 0 radical (unpaired) electrons. The molecule has 1 fully saturated rings. The molecule has 1 aliphatic heterocycles. The Hall–Kier alpha value is -0.910. The number of benzene rings is 1. The Kier molecular flexibility index (Phi) is 3.51. The molecular formula is C12H17NO3S. The second-order valence-corrected chi connectivity index (χ2v) is 6.50. The molecule has 1 aromatic rings. The molecule has 0 amide bonds. The molecule has 1 heterocycles. The van der Waals surface area contributed by atoms with Crippen molar-refractivity contribution >= 4 is 10.0 Å². The van der Waals surface area contributed by atoms with Gasteiger partial charge in [-0.2, -0.15) is 4.31 Å². The fraction of sp³-hybridized carbons (Fsp3) is 0.500. The predicted octanol–water partition coefficient (Wildman–Crippen LogP) is 1.21. The Labute approximate surface area is 102 Å². The summed E-state index contributed by atoms with van der Waals surface area (Å²) < 4.78 is 26.0. The summed E-state index contributed by atoms with van der Waals surface area (Å²) >= 11 is 0. The summed E-state index contributed by atoms with van der Waals surface area (Å²) in [6, 6.07) is 6.41. The van der Waals surface area contributed by atoms with Crippen LogP contribution in [0, 0.1) is 5.92 Å². The van der Waals surface area contributed by atoms with Crippen LogP contribution in [0.2, 0.25) is 0 Å². The van der Waals surface area contributed by atoms with Gasteiger partial charge in [-0.3, -0.25) is 0 Å². The highest BCUT2D eigenvalue weighted by atomic mass is 32.2. The summed E-state index contributed by atoms with van der Waals surface area (Å²) in [5.41, 5.74) is 0.721. The highest BCUT2D eigenvalue weighted by molar-refractivity contribution is 7.89. The highest BCUT2D eigenvalue weighted by Gasteiger charge is 2.30. The SMILES string of the molecule is CC1CCN(S(=O)(=O)c2ccc(CO)cc2)C1. The third-order valence-corrected chi connectivity index (χ3v) is 5.01. The molecule has 1 atom stereocenters. The van der Waals surface area contributed by atoms with Crippen molar-refractivity contribution in [2.45, 2.75) is 24.8 Å². The molecule has 0 aliphatic carbocycles. The number of rotatable bonds is 3. The van der Waals surface area contributed by atoms with E-state index in [-0.39, 0.29) is 6.61 Å². The maximum atomic E-state index is 12.2. The van der Waals surface area contributed by atoms with Gasteiger partial charge in [0.2, 0.25) is 10.0 Å². The lowest BCUT2D eigenvalue weighted by molar-refractivity contribution is 0.281. The van der Waals surface area contributed by atoms with Gasteiger partial charge in [-0.15, -0.1) is 0 Å². The van der Waals surface area contributed by atoms with Crippen molar-refractivity contribution in [2.24, 2.45) is 5.92 Å². The third kappa shape index (κ3) is 2.51. The van der Waals surface area contributed by atoms with Gasteiger partial charge >= 0.3 is 0 Å². The van der Waals surface area contributed by atoms with E-state index in [0.717, 1.165) is 12.0 Å². The van der Waals surface area contributed by atoms with Crippen LogP contribution in [0.3, 0.4) is 0 Å². The van der Waals surface area contributed by atoms with E-state index in [1.165, 1.54) is 4.31 Å². The van der Waals surface area contributed by atoms with Gasteiger partial charge in [0.05, 0.1) is 11.5 Å². The van der Waals surface area contributed by atoms with Gasteiger partial charge in [0, 0.05) is 13.1 Å². The lowest BCUT2D eigenvalue weighted by atomic mass is 10.2. The standard InChI is InChI=1S/C12H17NO3S/c1-10-6-7-13(8-10)17(15,16)12-4-2-11(9-14)3-5-12/h2-5,10,14H,6-9H2,1H3. The van der Waals surface area contributed by atoms with Crippen LogP contribution in [-0.2, 0) is 16.6 Å². The topological polar surface area (TPSA) is 57.6 Å². The zero-order valence-corrected chi connectivity index (χ0v) is 10.7. The minimum atomic E-state index is -3.34. The van der Waals surface area contributed by atoms with E-state index < -0.39 is 10.0 Å². The van der Waals surface area contributed by atoms with Crippen molar-refractivity contribution in [1.82, 2.24) is 4.31 Å². The van der Waals surface area contributed by atoms with Crippen LogP contribution in [0.1, 0.15) is 18.9 Å². The second kappa shape index (κ2) is 4.76. The summed E-state index contributed by atoms with van der Waals surface area (Å²) in [6.07, 6.45) is 0.925. The first-order valence-corrected chi connectivity index (χ1v) is 7.18. The van der Waals surface area contributed by atoms with Gasteiger partial charge < -0.3 is 5.11 Å². The summed E-state index contributed by atoms with van der Waals surface area (Å²) in [4.78, 5) is 0.309. The summed E-state index contributed by atoms with van der Waals surface area (Å²) in [5.74, 6) is 0.432. The largest absolute Gasteiger partial charge is 0.392 e. The lowest BCUT2D eigenvalue weighted by Crippen LogP contribution is -2.28. The molecule has 94 valence electrons. The van der Waals surface area contributed by atoms with Crippen LogP contribution in [0.15, 0.2) is 29.2 Å². The Balaban J connectivity index is 2.25.